The Morgan fingerprint density at radius 1 is 0.612 bits per heavy atom. The second kappa shape index (κ2) is 34.3. The van der Waals surface area contributed by atoms with Crippen LogP contribution < -0.4 is 0 Å². The van der Waals surface area contributed by atoms with Gasteiger partial charge in [-0.05, 0) is 32.1 Å². The number of hydrogen-bond acceptors (Lipinski definition) is 6. The highest BCUT2D eigenvalue weighted by atomic mass is 31.2. The van der Waals surface area contributed by atoms with Gasteiger partial charge in [-0.1, -0.05) is 154 Å². The van der Waals surface area contributed by atoms with Gasteiger partial charge in [-0.3, -0.25) is 13.8 Å². The number of allylic oxidation sites excluding steroid dienone is 2. The highest BCUT2D eigenvalue weighted by Crippen LogP contribution is 2.43. The molecular formula is C40H81NO7P+. The number of hydrogen-bond donors (Lipinski definition) is 1. The lowest BCUT2D eigenvalue weighted by molar-refractivity contribution is -0.870. The predicted octanol–water partition coefficient (Wildman–Crippen LogP) is 11.5. The van der Waals surface area contributed by atoms with Crippen LogP contribution in [0.4, 0.5) is 0 Å². The van der Waals surface area contributed by atoms with Crippen LogP contribution in [-0.2, 0) is 27.9 Å². The van der Waals surface area contributed by atoms with E-state index in [-0.39, 0.29) is 25.8 Å². The maximum atomic E-state index is 12.6. The molecule has 0 spiro atoms. The van der Waals surface area contributed by atoms with Crippen molar-refractivity contribution < 1.29 is 37.3 Å². The number of ether oxygens (including phenoxy) is 2. The number of carbonyl (C=O) groups excluding carboxylic acids is 1. The SMILES string of the molecule is CCC/C=C\CCCCCCCC(=O)OC(COCCCCCCCCCCCCCCCCCCC)COP(=O)(O)OCC[N+](C)(C)C. The molecule has 2 unspecified atom stereocenters. The van der Waals surface area contributed by atoms with Crippen molar-refractivity contribution in [3.05, 3.63) is 12.2 Å². The van der Waals surface area contributed by atoms with Crippen LogP contribution in [0.15, 0.2) is 12.2 Å². The van der Waals surface area contributed by atoms with Crippen LogP contribution in [0.5, 0.6) is 0 Å². The van der Waals surface area contributed by atoms with E-state index in [1.807, 2.05) is 21.1 Å². The van der Waals surface area contributed by atoms with Gasteiger partial charge in [0.2, 0.25) is 0 Å². The van der Waals surface area contributed by atoms with E-state index in [2.05, 4.69) is 26.0 Å². The van der Waals surface area contributed by atoms with Crippen LogP contribution in [-0.4, -0.2) is 75.6 Å². The third-order valence-corrected chi connectivity index (χ3v) is 9.79. The molecule has 8 nitrogen and oxygen atoms in total. The number of phosphoric acid groups is 1. The molecule has 0 aliphatic carbocycles. The van der Waals surface area contributed by atoms with Crippen LogP contribution in [0.2, 0.25) is 0 Å². The van der Waals surface area contributed by atoms with Gasteiger partial charge in [-0.15, -0.1) is 0 Å². The highest BCUT2D eigenvalue weighted by Gasteiger charge is 2.26. The van der Waals surface area contributed by atoms with Gasteiger partial charge in [-0.25, -0.2) is 4.57 Å². The van der Waals surface area contributed by atoms with E-state index in [0.29, 0.717) is 24.1 Å². The Hall–Kier alpha value is -0.760. The normalized spacial score (nSPS) is 14.0. The fourth-order valence-corrected chi connectivity index (χ4v) is 6.36. The molecule has 0 aromatic rings. The summed E-state index contributed by atoms with van der Waals surface area (Å²) in [5, 5.41) is 0. The summed E-state index contributed by atoms with van der Waals surface area (Å²) < 4.78 is 34.9. The Morgan fingerprint density at radius 3 is 1.63 bits per heavy atom. The van der Waals surface area contributed by atoms with Crippen molar-refractivity contribution in [2.75, 3.05) is 54.1 Å². The zero-order valence-electron chi connectivity index (χ0n) is 32.9. The topological polar surface area (TPSA) is 91.3 Å². The smallest absolute Gasteiger partial charge is 0.457 e. The van der Waals surface area contributed by atoms with Crippen molar-refractivity contribution >= 4 is 13.8 Å². The first-order valence-electron chi connectivity index (χ1n) is 20.4. The first-order chi connectivity index (χ1) is 23.6. The fraction of sp³-hybridized carbons (Fsp3) is 0.925. The molecule has 0 amide bonds. The number of phosphoric ester groups is 1. The fourth-order valence-electron chi connectivity index (χ4n) is 5.61. The van der Waals surface area contributed by atoms with E-state index in [1.165, 1.54) is 109 Å². The number of carbonyl (C=O) groups is 1. The molecule has 0 aromatic carbocycles. The van der Waals surface area contributed by atoms with Crippen LogP contribution >= 0.6 is 7.82 Å². The molecule has 0 saturated heterocycles. The summed E-state index contributed by atoms with van der Waals surface area (Å²) in [6.07, 6.45) is 35.3. The van der Waals surface area contributed by atoms with Crippen molar-refractivity contribution in [2.45, 2.75) is 187 Å². The summed E-state index contributed by atoms with van der Waals surface area (Å²) in [5.74, 6) is -0.323. The molecule has 292 valence electrons. The van der Waals surface area contributed by atoms with E-state index in [1.54, 1.807) is 0 Å². The first-order valence-corrected chi connectivity index (χ1v) is 21.9. The molecule has 0 bridgehead atoms. The van der Waals surface area contributed by atoms with Gasteiger partial charge >= 0.3 is 13.8 Å². The third kappa shape index (κ3) is 38.3. The molecule has 0 fully saturated rings. The molecule has 1 N–H and O–H groups in total. The van der Waals surface area contributed by atoms with Gasteiger partial charge < -0.3 is 18.9 Å². The van der Waals surface area contributed by atoms with E-state index in [4.69, 9.17) is 18.5 Å². The minimum atomic E-state index is -4.26. The lowest BCUT2D eigenvalue weighted by atomic mass is 10.0. The third-order valence-electron chi connectivity index (χ3n) is 8.81. The van der Waals surface area contributed by atoms with E-state index in [9.17, 15) is 14.3 Å². The molecule has 2 atom stereocenters. The number of esters is 1. The van der Waals surface area contributed by atoms with Gasteiger partial charge in [0.15, 0.2) is 0 Å². The molecule has 0 saturated carbocycles. The minimum absolute atomic E-state index is 0.0898. The van der Waals surface area contributed by atoms with Crippen LogP contribution in [0.25, 0.3) is 0 Å². The standard InChI is InChI=1S/C40H80NO7P/c1-6-8-10-12-14-16-18-19-20-21-22-23-24-26-28-30-32-35-45-37-39(38-47-49(43,44)46-36-34-41(3,4)5)48-40(42)33-31-29-27-25-17-15-13-11-9-7-2/h11,13,39H,6-10,12,14-38H2,1-5H3/p+1/b13-11-. The first kappa shape index (κ1) is 48.2. The quantitative estimate of drug-likeness (QED) is 0.0223. The van der Waals surface area contributed by atoms with Gasteiger partial charge in [0.1, 0.15) is 19.3 Å². The monoisotopic (exact) mass is 719 g/mol. The van der Waals surface area contributed by atoms with Gasteiger partial charge in [0, 0.05) is 13.0 Å². The van der Waals surface area contributed by atoms with Gasteiger partial charge in [0.25, 0.3) is 0 Å². The van der Waals surface area contributed by atoms with Crippen LogP contribution in [0.1, 0.15) is 181 Å². The molecule has 9 heteroatoms. The molecule has 0 aromatic heterocycles. The zero-order valence-corrected chi connectivity index (χ0v) is 33.8. The molecule has 0 rings (SSSR count). The van der Waals surface area contributed by atoms with E-state index in [0.717, 1.165) is 51.4 Å². The second-order valence-corrected chi connectivity index (χ2v) is 16.5. The molecule has 0 aliphatic rings. The Balaban J connectivity index is 4.18. The number of unbranched alkanes of at least 4 members (excludes halogenated alkanes) is 22. The summed E-state index contributed by atoms with van der Waals surface area (Å²) in [6, 6.07) is 0. The van der Waals surface area contributed by atoms with Crippen molar-refractivity contribution in [2.24, 2.45) is 0 Å². The predicted molar refractivity (Wildman–Crippen MR) is 206 cm³/mol. The number of likely N-dealkylation sites (N-methyl/N-ethyl adjacent to an activating group) is 1. The van der Waals surface area contributed by atoms with Crippen LogP contribution in [0, 0.1) is 0 Å². The number of nitrogens with zero attached hydrogens (tertiary/aromatic N) is 1. The van der Waals surface area contributed by atoms with Gasteiger partial charge in [-0.2, -0.15) is 0 Å². The summed E-state index contributed by atoms with van der Waals surface area (Å²) >= 11 is 0. The second-order valence-electron chi connectivity index (χ2n) is 15.0. The maximum absolute atomic E-state index is 12.6. The summed E-state index contributed by atoms with van der Waals surface area (Å²) in [5.41, 5.74) is 0. The van der Waals surface area contributed by atoms with Gasteiger partial charge in [0.05, 0.1) is 34.4 Å². The Labute approximate surface area is 303 Å². The lowest BCUT2D eigenvalue weighted by Gasteiger charge is -2.24. The molecule has 0 radical (unpaired) electrons. The van der Waals surface area contributed by atoms with Crippen molar-refractivity contribution in [1.82, 2.24) is 0 Å². The number of rotatable bonds is 38. The summed E-state index contributed by atoms with van der Waals surface area (Å²) in [7, 11) is 1.67. The van der Waals surface area contributed by atoms with Crippen LogP contribution in [0.3, 0.4) is 0 Å². The maximum Gasteiger partial charge on any atom is 0.472 e. The van der Waals surface area contributed by atoms with Crippen molar-refractivity contribution in [3.63, 3.8) is 0 Å². The Morgan fingerprint density at radius 2 is 1.10 bits per heavy atom. The minimum Gasteiger partial charge on any atom is -0.457 e. The average molecular weight is 719 g/mol. The average Bonchev–Trinajstić information content (AvgIpc) is 3.04. The molecular weight excluding hydrogens is 637 g/mol. The largest absolute Gasteiger partial charge is 0.472 e. The number of quaternary nitrogens is 1. The Kier molecular flexibility index (Phi) is 33.8. The lowest BCUT2D eigenvalue weighted by Crippen LogP contribution is -2.37. The summed E-state index contributed by atoms with van der Waals surface area (Å²) in [4.78, 5) is 22.7. The van der Waals surface area contributed by atoms with E-state index >= 15 is 0 Å². The summed E-state index contributed by atoms with van der Waals surface area (Å²) in [6.45, 7) is 5.58. The molecule has 0 heterocycles. The van der Waals surface area contributed by atoms with Crippen molar-refractivity contribution in [3.8, 4) is 0 Å². The highest BCUT2D eigenvalue weighted by molar-refractivity contribution is 7.47. The molecule has 0 aliphatic heterocycles. The Bertz CT molecular complexity index is 802. The van der Waals surface area contributed by atoms with E-state index < -0.39 is 13.9 Å². The zero-order chi connectivity index (χ0) is 36.3. The van der Waals surface area contributed by atoms with Crippen molar-refractivity contribution in [1.29, 1.82) is 0 Å². The molecule has 49 heavy (non-hydrogen) atoms.